The van der Waals surface area contributed by atoms with Crippen LogP contribution in [-0.4, -0.2) is 87.0 Å². The third-order valence-corrected chi connectivity index (χ3v) is 16.5. The topological polar surface area (TPSA) is 139 Å². The zero-order valence-electron chi connectivity index (χ0n) is 31.3. The summed E-state index contributed by atoms with van der Waals surface area (Å²) in [6, 6.07) is 21.6. The molecule has 1 aliphatic carbocycles. The van der Waals surface area contributed by atoms with E-state index < -0.39 is 35.1 Å². The third-order valence-electron chi connectivity index (χ3n) is 8.17. The monoisotopic (exact) mass is 888 g/mol. The Labute approximate surface area is 341 Å². The van der Waals surface area contributed by atoms with Crippen molar-refractivity contribution in [3.63, 3.8) is 0 Å². The molecule has 1 aliphatic rings. The number of benzene rings is 3. The van der Waals surface area contributed by atoms with Crippen molar-refractivity contribution < 1.29 is 37.0 Å². The largest absolute Gasteiger partial charge is 0.497 e. The van der Waals surface area contributed by atoms with E-state index in [9.17, 15) is 9.67 Å². The standard InChI is InChI=1S/C34H48N6O8P4S3/c1-38(35-23-26-7-15-30(43-4)16-8-26)49(53)46-31-17-9-27(10-18-31)24-36-39(2)50(54)47-32-19-11-28(12-20-32)25-37-40(3)51(55)48-33-21-13-29(14-22-33)34(41)52(42,44-5)45-6/h7-9,11-17,19-23,25,27,31,34,36,41,50-51,53H,10,18,24H2,1-6H3/b35-23+,37-25+. The Hall–Kier alpha value is -2.19. The Balaban J connectivity index is 1.16. The predicted molar refractivity (Wildman–Crippen MR) is 234 cm³/mol. The molecule has 0 fully saturated rings. The summed E-state index contributed by atoms with van der Waals surface area (Å²) in [5, 5.41) is 19.3. The minimum atomic E-state index is -3.68. The minimum absolute atomic E-state index is 0.0212. The second-order valence-corrected chi connectivity index (χ2v) is 21.5. The van der Waals surface area contributed by atoms with E-state index in [-0.39, 0.29) is 6.10 Å². The molecule has 0 heterocycles. The van der Waals surface area contributed by atoms with Crippen LogP contribution in [0.4, 0.5) is 0 Å². The van der Waals surface area contributed by atoms with Crippen LogP contribution in [0.3, 0.4) is 0 Å². The van der Waals surface area contributed by atoms with Gasteiger partial charge in [0.15, 0.2) is 12.9 Å². The highest BCUT2D eigenvalue weighted by Gasteiger charge is 2.33. The zero-order valence-corrected chi connectivity index (χ0v) is 37.6. The third kappa shape index (κ3) is 14.3. The molecule has 3 aromatic carbocycles. The van der Waals surface area contributed by atoms with E-state index in [1.165, 1.54) is 14.2 Å². The van der Waals surface area contributed by atoms with E-state index in [4.69, 9.17) is 51.0 Å². The molecule has 21 heteroatoms. The molecular formula is C34H48N6O8P4S3. The first-order valence-electron chi connectivity index (χ1n) is 16.9. The van der Waals surface area contributed by atoms with Crippen LogP contribution >= 0.6 is 41.5 Å². The second kappa shape index (κ2) is 22.7. The van der Waals surface area contributed by atoms with Crippen LogP contribution in [0.2, 0.25) is 0 Å². The van der Waals surface area contributed by atoms with Crippen LogP contribution in [-0.2, 0) is 41.8 Å². The maximum absolute atomic E-state index is 12.5. The average molecular weight is 889 g/mol. The van der Waals surface area contributed by atoms with Crippen LogP contribution in [0, 0.1) is 5.92 Å². The molecule has 0 saturated carbocycles. The summed E-state index contributed by atoms with van der Waals surface area (Å²) in [4.78, 5) is 0. The summed E-state index contributed by atoms with van der Waals surface area (Å²) < 4.78 is 50.8. The SMILES string of the molecule is COc1ccc(/C=N/N(C)P(S)OC2C=CC(CNN(C)[PH](=S)Oc3ccc(/C=N/N(C)[PH](=S)Oc4ccc(C(O)P(=O)(OC)OC)cc4)cc3)CC2)cc1. The Morgan fingerprint density at radius 1 is 0.873 bits per heavy atom. The van der Waals surface area contributed by atoms with Crippen LogP contribution in [0.5, 0.6) is 17.2 Å². The summed E-state index contributed by atoms with van der Waals surface area (Å²) in [5.41, 5.74) is 5.58. The van der Waals surface area contributed by atoms with Crippen molar-refractivity contribution in [3.05, 3.63) is 102 Å². The summed E-state index contributed by atoms with van der Waals surface area (Å²) >= 11 is 15.9. The van der Waals surface area contributed by atoms with Gasteiger partial charge >= 0.3 is 7.60 Å². The molecule has 0 aliphatic heterocycles. The van der Waals surface area contributed by atoms with Gasteiger partial charge < -0.3 is 32.5 Å². The van der Waals surface area contributed by atoms with Crippen molar-refractivity contribution in [1.82, 2.24) is 19.8 Å². The Bertz CT molecular complexity index is 1840. The second-order valence-electron chi connectivity index (χ2n) is 12.0. The molecule has 14 nitrogen and oxygen atoms in total. The van der Waals surface area contributed by atoms with Gasteiger partial charge in [0, 0.05) is 41.9 Å². The first-order chi connectivity index (χ1) is 26.3. The van der Waals surface area contributed by atoms with E-state index in [1.807, 2.05) is 67.4 Å². The number of hydrazone groups is 2. The van der Waals surface area contributed by atoms with Crippen LogP contribution in [0.25, 0.3) is 0 Å². The van der Waals surface area contributed by atoms with Gasteiger partial charge in [0.2, 0.25) is 14.6 Å². The van der Waals surface area contributed by atoms with Crippen molar-refractivity contribution in [2.24, 2.45) is 16.1 Å². The van der Waals surface area contributed by atoms with Gasteiger partial charge in [0.05, 0.1) is 25.6 Å². The molecule has 6 unspecified atom stereocenters. The van der Waals surface area contributed by atoms with Gasteiger partial charge in [0.25, 0.3) is 0 Å². The number of ether oxygens (including phenoxy) is 1. The molecular weight excluding hydrogens is 841 g/mol. The number of hydrogen-bond acceptors (Lipinski definition) is 15. The minimum Gasteiger partial charge on any atom is -0.497 e. The highest BCUT2D eigenvalue weighted by molar-refractivity contribution is 8.42. The molecule has 4 rings (SSSR count). The summed E-state index contributed by atoms with van der Waals surface area (Å²) in [7, 11) is 0.998. The Morgan fingerprint density at radius 2 is 1.42 bits per heavy atom. The number of hydrogen-bond donors (Lipinski definition) is 3. The molecule has 0 bridgehead atoms. The maximum Gasteiger partial charge on any atom is 0.362 e. The molecule has 0 saturated heterocycles. The molecule has 0 aromatic heterocycles. The highest BCUT2D eigenvalue weighted by atomic mass is 32.7. The smallest absolute Gasteiger partial charge is 0.362 e. The van der Waals surface area contributed by atoms with E-state index in [0.29, 0.717) is 23.0 Å². The van der Waals surface area contributed by atoms with E-state index in [0.717, 1.165) is 36.3 Å². The summed E-state index contributed by atoms with van der Waals surface area (Å²) in [5.74, 6) is 0.865. The van der Waals surface area contributed by atoms with Crippen molar-refractivity contribution in [2.75, 3.05) is 49.0 Å². The van der Waals surface area contributed by atoms with Gasteiger partial charge in [-0.3, -0.25) is 4.57 Å². The van der Waals surface area contributed by atoms with Crippen LogP contribution < -0.4 is 19.2 Å². The van der Waals surface area contributed by atoms with Gasteiger partial charge in [-0.05, 0) is 120 Å². The van der Waals surface area contributed by atoms with Gasteiger partial charge in [-0.25, -0.2) is 15.0 Å². The number of aliphatic hydroxyl groups excluding tert-OH is 1. The lowest BCUT2D eigenvalue weighted by Crippen LogP contribution is -2.34. The lowest BCUT2D eigenvalue weighted by Gasteiger charge is -2.28. The van der Waals surface area contributed by atoms with Crippen molar-refractivity contribution in [3.8, 4) is 17.2 Å². The predicted octanol–water partition coefficient (Wildman–Crippen LogP) is 7.82. The van der Waals surface area contributed by atoms with Gasteiger partial charge in [-0.1, -0.05) is 36.5 Å². The number of nitrogens with zero attached hydrogens (tertiary/aromatic N) is 5. The quantitative estimate of drug-likeness (QED) is 0.0315. The molecule has 2 N–H and O–H groups in total. The lowest BCUT2D eigenvalue weighted by atomic mass is 9.94. The van der Waals surface area contributed by atoms with Crippen LogP contribution in [0.15, 0.2) is 95.2 Å². The molecule has 55 heavy (non-hydrogen) atoms. The molecule has 0 amide bonds. The number of hydrazine groups is 1. The van der Waals surface area contributed by atoms with E-state index in [1.54, 1.807) is 60.4 Å². The summed E-state index contributed by atoms with van der Waals surface area (Å²) in [6.45, 7) is 0.731. The maximum atomic E-state index is 12.5. The molecule has 0 spiro atoms. The van der Waals surface area contributed by atoms with Gasteiger partial charge in [0.1, 0.15) is 17.2 Å². The number of methoxy groups -OCH3 is 1. The number of aliphatic hydroxyl groups is 1. The number of thiol groups is 1. The van der Waals surface area contributed by atoms with Crippen molar-refractivity contribution in [2.45, 2.75) is 24.8 Å². The van der Waals surface area contributed by atoms with Gasteiger partial charge in [-0.15, -0.1) is 0 Å². The molecule has 300 valence electrons. The Kier molecular flexibility index (Phi) is 18.8. The van der Waals surface area contributed by atoms with Crippen LogP contribution in [0.1, 0.15) is 35.4 Å². The average Bonchev–Trinajstić information content (AvgIpc) is 3.21. The molecule has 3 aromatic rings. The first-order valence-corrected chi connectivity index (χ1v) is 25.8. The first kappa shape index (κ1) is 45.5. The van der Waals surface area contributed by atoms with Gasteiger partial charge in [-0.2, -0.15) is 15.0 Å². The summed E-state index contributed by atoms with van der Waals surface area (Å²) in [6.07, 6.45) is 9.57. The zero-order chi connectivity index (χ0) is 40.0. The number of rotatable bonds is 21. The normalized spacial score (nSPS) is 18.3. The van der Waals surface area contributed by atoms with Crippen molar-refractivity contribution in [1.29, 1.82) is 0 Å². The molecule has 6 atom stereocenters. The highest BCUT2D eigenvalue weighted by Crippen LogP contribution is 2.58. The van der Waals surface area contributed by atoms with E-state index >= 15 is 0 Å². The Morgan fingerprint density at radius 3 is 1.96 bits per heavy atom. The number of nitrogens with one attached hydrogen (secondary N) is 1. The lowest BCUT2D eigenvalue weighted by molar-refractivity contribution is 0.176. The van der Waals surface area contributed by atoms with E-state index in [2.05, 4.69) is 40.0 Å². The fourth-order valence-electron chi connectivity index (χ4n) is 4.83. The molecule has 0 radical (unpaired) electrons. The fraction of sp³-hybridized carbons (Fsp3) is 0.353. The fourth-order valence-corrected chi connectivity index (χ4v) is 9.34. The van der Waals surface area contributed by atoms with Crippen molar-refractivity contribution >= 4 is 77.5 Å².